The quantitative estimate of drug-likeness (QED) is 0.776. The summed E-state index contributed by atoms with van der Waals surface area (Å²) in [6, 6.07) is 9.53. The summed E-state index contributed by atoms with van der Waals surface area (Å²) < 4.78 is 0. The molecule has 0 heterocycles. The molecule has 0 aliphatic heterocycles. The highest BCUT2D eigenvalue weighted by Crippen LogP contribution is 2.60. The van der Waals surface area contributed by atoms with Crippen molar-refractivity contribution in [2.24, 2.45) is 23.2 Å². The topological polar surface area (TPSA) is 40.9 Å². The molecule has 0 aromatic heterocycles. The van der Waals surface area contributed by atoms with Gasteiger partial charge >= 0.3 is 0 Å². The summed E-state index contributed by atoms with van der Waals surface area (Å²) in [6.07, 6.45) is 11.2. The zero-order valence-electron chi connectivity index (χ0n) is 12.8. The van der Waals surface area contributed by atoms with Gasteiger partial charge in [-0.25, -0.2) is 0 Å². The molecule has 2 heteroatoms. The van der Waals surface area contributed by atoms with Gasteiger partial charge in [0.15, 0.2) is 5.78 Å². The van der Waals surface area contributed by atoms with Crippen molar-refractivity contribution in [3.05, 3.63) is 41.5 Å². The van der Waals surface area contributed by atoms with Crippen LogP contribution in [0.15, 0.2) is 30.3 Å². The highest BCUT2D eigenvalue weighted by Gasteiger charge is 2.53. The molecule has 4 aliphatic carbocycles. The van der Waals surface area contributed by atoms with Crippen molar-refractivity contribution in [2.45, 2.75) is 38.5 Å². The second kappa shape index (κ2) is 5.09. The number of hydrogen-bond acceptors (Lipinski definition) is 2. The average Bonchev–Trinajstić information content (AvgIpc) is 2.51. The Kier molecular flexibility index (Phi) is 3.18. The Morgan fingerprint density at radius 2 is 1.59 bits per heavy atom. The van der Waals surface area contributed by atoms with Crippen LogP contribution in [0.2, 0.25) is 0 Å². The van der Waals surface area contributed by atoms with Crippen molar-refractivity contribution < 1.29 is 4.79 Å². The fourth-order valence-electron chi connectivity index (χ4n) is 5.43. The van der Waals surface area contributed by atoms with E-state index in [1.807, 2.05) is 18.2 Å². The summed E-state index contributed by atoms with van der Waals surface area (Å²) in [5.41, 5.74) is 1.61. The van der Waals surface area contributed by atoms with Gasteiger partial charge in [0, 0.05) is 5.41 Å². The Morgan fingerprint density at radius 1 is 1.05 bits per heavy atom. The van der Waals surface area contributed by atoms with Gasteiger partial charge < -0.3 is 0 Å². The van der Waals surface area contributed by atoms with Crippen LogP contribution in [0.3, 0.4) is 0 Å². The normalized spacial score (nSPS) is 35.7. The number of nitriles is 1. The third-order valence-corrected chi connectivity index (χ3v) is 6.03. The van der Waals surface area contributed by atoms with Crippen molar-refractivity contribution in [2.75, 3.05) is 0 Å². The lowest BCUT2D eigenvalue weighted by Gasteiger charge is -2.55. The van der Waals surface area contributed by atoms with Crippen LogP contribution < -0.4 is 0 Å². The van der Waals surface area contributed by atoms with Gasteiger partial charge in [-0.3, -0.25) is 4.79 Å². The molecule has 0 atom stereocenters. The van der Waals surface area contributed by atoms with E-state index in [4.69, 9.17) is 5.26 Å². The van der Waals surface area contributed by atoms with Crippen LogP contribution in [-0.4, -0.2) is 5.78 Å². The number of carbonyl (C=O) groups is 1. The molecule has 2 nitrogen and oxygen atoms in total. The van der Waals surface area contributed by atoms with E-state index in [2.05, 4.69) is 6.07 Å². The summed E-state index contributed by atoms with van der Waals surface area (Å²) in [7, 11) is 0. The summed E-state index contributed by atoms with van der Waals surface area (Å²) >= 11 is 0. The first kappa shape index (κ1) is 13.8. The molecule has 0 N–H and O–H groups in total. The molecule has 112 valence electrons. The van der Waals surface area contributed by atoms with E-state index in [0.717, 1.165) is 42.6 Å². The van der Waals surface area contributed by atoms with E-state index >= 15 is 0 Å². The van der Waals surface area contributed by atoms with Gasteiger partial charge in [0.2, 0.25) is 0 Å². The van der Waals surface area contributed by atoms with Gasteiger partial charge in [-0.05, 0) is 80.1 Å². The number of rotatable bonds is 3. The van der Waals surface area contributed by atoms with Gasteiger partial charge in [-0.15, -0.1) is 0 Å². The lowest BCUT2D eigenvalue weighted by Crippen LogP contribution is -2.49. The standard InChI is InChI=1S/C20H21NO/c21-13-15-3-1-14(2-4-15)5-6-19(22)20-10-16-7-17(11-20)9-18(8-16)12-20/h1-6,16-18H,7-12H2/b6-5+. The lowest BCUT2D eigenvalue weighted by atomic mass is 9.48. The molecule has 5 rings (SSSR count). The molecular weight excluding hydrogens is 270 g/mol. The number of benzene rings is 1. The van der Waals surface area contributed by atoms with Crippen LogP contribution >= 0.6 is 0 Å². The Morgan fingerprint density at radius 3 is 2.09 bits per heavy atom. The zero-order chi connectivity index (χ0) is 15.2. The minimum Gasteiger partial charge on any atom is -0.294 e. The molecule has 4 bridgehead atoms. The minimum absolute atomic E-state index is 0.0438. The molecule has 4 saturated carbocycles. The minimum atomic E-state index is -0.0438. The van der Waals surface area contributed by atoms with E-state index < -0.39 is 0 Å². The van der Waals surface area contributed by atoms with E-state index in [-0.39, 0.29) is 5.41 Å². The first-order chi connectivity index (χ1) is 10.7. The number of carbonyl (C=O) groups excluding carboxylic acids is 1. The first-order valence-electron chi connectivity index (χ1n) is 8.39. The third-order valence-electron chi connectivity index (χ3n) is 6.03. The maximum atomic E-state index is 12.9. The molecule has 1 aromatic carbocycles. The van der Waals surface area contributed by atoms with Crippen LogP contribution in [0.4, 0.5) is 0 Å². The zero-order valence-corrected chi connectivity index (χ0v) is 12.8. The van der Waals surface area contributed by atoms with E-state index in [1.165, 1.54) is 19.3 Å². The number of nitrogens with zero attached hydrogens (tertiary/aromatic N) is 1. The summed E-state index contributed by atoms with van der Waals surface area (Å²) in [5.74, 6) is 2.76. The number of ketones is 1. The summed E-state index contributed by atoms with van der Waals surface area (Å²) in [6.45, 7) is 0. The van der Waals surface area contributed by atoms with Gasteiger partial charge in [-0.2, -0.15) is 5.26 Å². The van der Waals surface area contributed by atoms with Crippen molar-refractivity contribution in [1.29, 1.82) is 5.26 Å². The predicted molar refractivity (Wildman–Crippen MR) is 85.8 cm³/mol. The monoisotopic (exact) mass is 291 g/mol. The fraction of sp³-hybridized carbons (Fsp3) is 0.500. The first-order valence-corrected chi connectivity index (χ1v) is 8.39. The average molecular weight is 291 g/mol. The number of allylic oxidation sites excluding steroid dienone is 1. The fourth-order valence-corrected chi connectivity index (χ4v) is 5.43. The van der Waals surface area contributed by atoms with Crippen LogP contribution in [-0.2, 0) is 4.79 Å². The molecular formula is C20H21NO. The molecule has 0 spiro atoms. The highest BCUT2D eigenvalue weighted by atomic mass is 16.1. The van der Waals surface area contributed by atoms with Crippen LogP contribution in [0.25, 0.3) is 6.08 Å². The van der Waals surface area contributed by atoms with Gasteiger partial charge in [0.25, 0.3) is 0 Å². The Balaban J connectivity index is 1.52. The lowest BCUT2D eigenvalue weighted by molar-refractivity contribution is -0.138. The summed E-state index contributed by atoms with van der Waals surface area (Å²) in [5, 5.41) is 8.82. The predicted octanol–water partition coefficient (Wildman–Crippen LogP) is 4.36. The second-order valence-corrected chi connectivity index (χ2v) is 7.63. The maximum Gasteiger partial charge on any atom is 0.161 e. The van der Waals surface area contributed by atoms with Crippen molar-refractivity contribution in [3.8, 4) is 6.07 Å². The van der Waals surface area contributed by atoms with Crippen molar-refractivity contribution >= 4 is 11.9 Å². The van der Waals surface area contributed by atoms with Crippen LogP contribution in [0, 0.1) is 34.5 Å². The van der Waals surface area contributed by atoms with Crippen LogP contribution in [0.5, 0.6) is 0 Å². The van der Waals surface area contributed by atoms with E-state index in [9.17, 15) is 4.79 Å². The summed E-state index contributed by atoms with van der Waals surface area (Å²) in [4.78, 5) is 12.9. The van der Waals surface area contributed by atoms with Gasteiger partial charge in [0.05, 0.1) is 11.6 Å². The Hall–Kier alpha value is -1.88. The second-order valence-electron chi connectivity index (χ2n) is 7.63. The van der Waals surface area contributed by atoms with Crippen molar-refractivity contribution in [3.63, 3.8) is 0 Å². The SMILES string of the molecule is N#Cc1ccc(/C=C/C(=O)C23CC4CC(CC(C4)C2)C3)cc1. The van der Waals surface area contributed by atoms with E-state index in [0.29, 0.717) is 11.3 Å². The molecule has 0 amide bonds. The Labute approximate surface area is 131 Å². The van der Waals surface area contributed by atoms with Crippen molar-refractivity contribution in [1.82, 2.24) is 0 Å². The van der Waals surface area contributed by atoms with Gasteiger partial charge in [-0.1, -0.05) is 18.2 Å². The molecule has 22 heavy (non-hydrogen) atoms. The number of hydrogen-bond donors (Lipinski definition) is 0. The Bertz CT molecular complexity index is 627. The maximum absolute atomic E-state index is 12.9. The van der Waals surface area contributed by atoms with E-state index in [1.54, 1.807) is 18.2 Å². The molecule has 0 unspecified atom stereocenters. The largest absolute Gasteiger partial charge is 0.294 e. The molecule has 4 aliphatic rings. The van der Waals surface area contributed by atoms with Crippen LogP contribution in [0.1, 0.15) is 49.7 Å². The molecule has 1 aromatic rings. The van der Waals surface area contributed by atoms with Gasteiger partial charge in [0.1, 0.15) is 0 Å². The smallest absolute Gasteiger partial charge is 0.161 e. The molecule has 0 radical (unpaired) electrons. The third kappa shape index (κ3) is 2.29. The molecule has 0 saturated heterocycles. The molecule has 4 fully saturated rings. The highest BCUT2D eigenvalue weighted by molar-refractivity contribution is 5.98.